The quantitative estimate of drug-likeness (QED) is 0.606. The molecule has 0 unspecified atom stereocenters. The van der Waals surface area contributed by atoms with Gasteiger partial charge in [0.15, 0.2) is 0 Å². The largest absolute Gasteiger partial charge is 0.389 e. The van der Waals surface area contributed by atoms with Crippen molar-refractivity contribution in [2.24, 2.45) is 0 Å². The number of hydrogen-bond donors (Lipinski definition) is 1. The van der Waals surface area contributed by atoms with E-state index < -0.39 is 6.10 Å². The maximum absolute atomic E-state index is 13.6. The number of carbonyl (C=O) groups is 1. The fraction of sp³-hybridized carbons (Fsp3) is 0.462. The fourth-order valence-corrected chi connectivity index (χ4v) is 4.21. The normalized spacial score (nSPS) is 14.9. The van der Waals surface area contributed by atoms with Gasteiger partial charge in [-0.3, -0.25) is 0 Å². The molecule has 0 amide bonds. The van der Waals surface area contributed by atoms with Crippen molar-refractivity contribution < 1.29 is 14.3 Å². The number of rotatable bonds is 8. The second kappa shape index (κ2) is 10.2. The highest BCUT2D eigenvalue weighted by Crippen LogP contribution is 2.40. The minimum atomic E-state index is -0.626. The first kappa shape index (κ1) is 23.1. The number of Topliss-reactive ketones (excluding diaryl/α,β-unsaturated/α-hetero) is 1. The van der Waals surface area contributed by atoms with Crippen molar-refractivity contribution in [3.63, 3.8) is 0 Å². The van der Waals surface area contributed by atoms with E-state index in [1.165, 1.54) is 17.7 Å². The van der Waals surface area contributed by atoms with E-state index in [4.69, 9.17) is 4.98 Å². The molecule has 0 spiro atoms. The van der Waals surface area contributed by atoms with Crippen molar-refractivity contribution in [1.29, 1.82) is 0 Å². The van der Waals surface area contributed by atoms with Crippen LogP contribution in [-0.4, -0.2) is 35.6 Å². The molecule has 2 aromatic rings. The average Bonchev–Trinajstić information content (AvgIpc) is 2.72. The van der Waals surface area contributed by atoms with Gasteiger partial charge >= 0.3 is 0 Å². The Morgan fingerprint density at radius 1 is 1.29 bits per heavy atom. The Morgan fingerprint density at radius 2 is 2.00 bits per heavy atom. The van der Waals surface area contributed by atoms with Gasteiger partial charge in [-0.15, -0.1) is 0 Å². The Morgan fingerprint density at radius 3 is 2.65 bits per heavy atom. The summed E-state index contributed by atoms with van der Waals surface area (Å²) in [5, 5.41) is 10.5. The molecule has 0 aliphatic carbocycles. The molecule has 5 heteroatoms. The SMILES string of the molecule is CC(=O)CCC[C@H](O)/C=C/c1c(C(C)C)nc2c(c1-c1ccc(F)cc1)CCCN2C. The summed E-state index contributed by atoms with van der Waals surface area (Å²) in [6.07, 6.45) is 6.78. The second-order valence-electron chi connectivity index (χ2n) is 8.80. The van der Waals surface area contributed by atoms with Gasteiger partial charge in [0.25, 0.3) is 0 Å². The Hall–Kier alpha value is -2.53. The van der Waals surface area contributed by atoms with Gasteiger partial charge in [-0.2, -0.15) is 0 Å². The van der Waals surface area contributed by atoms with Crippen LogP contribution in [0.4, 0.5) is 10.2 Å². The molecule has 4 nitrogen and oxygen atoms in total. The summed E-state index contributed by atoms with van der Waals surface area (Å²) in [4.78, 5) is 18.4. The van der Waals surface area contributed by atoms with Crippen molar-refractivity contribution in [2.75, 3.05) is 18.5 Å². The first-order valence-corrected chi connectivity index (χ1v) is 11.2. The molecule has 1 aromatic carbocycles. The van der Waals surface area contributed by atoms with Crippen molar-refractivity contribution in [3.05, 3.63) is 53.0 Å². The zero-order chi connectivity index (χ0) is 22.5. The van der Waals surface area contributed by atoms with Gasteiger partial charge in [-0.05, 0) is 61.8 Å². The lowest BCUT2D eigenvalue weighted by molar-refractivity contribution is -0.117. The molecule has 1 N–H and O–H groups in total. The molecular formula is C26H33FN2O2. The van der Waals surface area contributed by atoms with Crippen LogP contribution in [0.2, 0.25) is 0 Å². The van der Waals surface area contributed by atoms with Crippen molar-refractivity contribution in [3.8, 4) is 11.1 Å². The van der Waals surface area contributed by atoms with Crippen LogP contribution in [0.5, 0.6) is 0 Å². The van der Waals surface area contributed by atoms with Crippen LogP contribution in [0.1, 0.15) is 69.2 Å². The predicted molar refractivity (Wildman–Crippen MR) is 125 cm³/mol. The van der Waals surface area contributed by atoms with Gasteiger partial charge in [0.1, 0.15) is 17.4 Å². The van der Waals surface area contributed by atoms with Gasteiger partial charge in [-0.1, -0.05) is 38.1 Å². The average molecular weight is 425 g/mol. The third-order valence-electron chi connectivity index (χ3n) is 5.82. The Kier molecular flexibility index (Phi) is 7.60. The van der Waals surface area contributed by atoms with Gasteiger partial charge in [0.05, 0.1) is 11.8 Å². The Labute approximate surface area is 184 Å². The lowest BCUT2D eigenvalue weighted by Crippen LogP contribution is -2.27. The third-order valence-corrected chi connectivity index (χ3v) is 5.82. The molecule has 0 saturated carbocycles. The zero-order valence-corrected chi connectivity index (χ0v) is 19.0. The third kappa shape index (κ3) is 5.59. The maximum atomic E-state index is 13.6. The first-order chi connectivity index (χ1) is 14.8. The maximum Gasteiger partial charge on any atom is 0.132 e. The van der Waals surface area contributed by atoms with Gasteiger partial charge in [0.2, 0.25) is 0 Å². The van der Waals surface area contributed by atoms with E-state index in [9.17, 15) is 14.3 Å². The highest BCUT2D eigenvalue weighted by atomic mass is 19.1. The molecule has 1 atom stereocenters. The molecule has 0 bridgehead atoms. The topological polar surface area (TPSA) is 53.4 Å². The lowest BCUT2D eigenvalue weighted by atomic mass is 9.87. The number of carbonyl (C=O) groups excluding carboxylic acids is 1. The molecule has 166 valence electrons. The van der Waals surface area contributed by atoms with Gasteiger partial charge < -0.3 is 14.8 Å². The van der Waals surface area contributed by atoms with Crippen molar-refractivity contribution in [1.82, 2.24) is 4.98 Å². The molecular weight excluding hydrogens is 391 g/mol. The molecule has 0 saturated heterocycles. The minimum absolute atomic E-state index is 0.139. The predicted octanol–water partition coefficient (Wildman–Crippen LogP) is 5.53. The highest BCUT2D eigenvalue weighted by molar-refractivity contribution is 5.83. The molecule has 31 heavy (non-hydrogen) atoms. The van der Waals surface area contributed by atoms with Crippen LogP contribution < -0.4 is 4.90 Å². The number of fused-ring (bicyclic) bond motifs is 1. The summed E-state index contributed by atoms with van der Waals surface area (Å²) >= 11 is 0. The lowest BCUT2D eigenvalue weighted by Gasteiger charge is -2.31. The van der Waals surface area contributed by atoms with Crippen LogP contribution in [0.15, 0.2) is 30.3 Å². The van der Waals surface area contributed by atoms with E-state index in [0.29, 0.717) is 19.3 Å². The van der Waals surface area contributed by atoms with Crippen molar-refractivity contribution >= 4 is 17.7 Å². The zero-order valence-electron chi connectivity index (χ0n) is 19.0. The number of hydrogen-bond acceptors (Lipinski definition) is 4. The summed E-state index contributed by atoms with van der Waals surface area (Å²) < 4.78 is 13.6. The number of pyridine rings is 1. The van der Waals surface area contributed by atoms with Crippen LogP contribution in [0.25, 0.3) is 17.2 Å². The standard InChI is InChI=1S/C26H33FN2O2/c1-17(2)25-22(15-14-21(31)8-5-7-18(3)30)24(19-10-12-20(27)13-11-19)23-9-6-16-29(4)26(23)28-25/h10-15,17,21,31H,5-9,16H2,1-4H3/b15-14+/t21-/m0/s1. The number of nitrogens with zero attached hydrogens (tertiary/aromatic N) is 2. The van der Waals surface area contributed by atoms with E-state index in [2.05, 4.69) is 25.8 Å². The monoisotopic (exact) mass is 424 g/mol. The number of anilines is 1. The number of aliphatic hydroxyl groups is 1. The minimum Gasteiger partial charge on any atom is -0.389 e. The van der Waals surface area contributed by atoms with E-state index in [1.807, 2.05) is 18.2 Å². The van der Waals surface area contributed by atoms with E-state index >= 15 is 0 Å². The van der Waals surface area contributed by atoms with Crippen LogP contribution in [-0.2, 0) is 11.2 Å². The summed E-state index contributed by atoms with van der Waals surface area (Å²) in [5.41, 5.74) is 5.17. The number of ketones is 1. The number of aromatic nitrogens is 1. The summed E-state index contributed by atoms with van der Waals surface area (Å²) in [5.74, 6) is 1.06. The Bertz CT molecular complexity index is 951. The fourth-order valence-electron chi connectivity index (χ4n) is 4.21. The van der Waals surface area contributed by atoms with E-state index in [0.717, 1.165) is 47.6 Å². The Balaban J connectivity index is 2.10. The molecule has 1 aliphatic heterocycles. The molecule has 0 fully saturated rings. The van der Waals surface area contributed by atoms with Gasteiger partial charge in [-0.25, -0.2) is 9.37 Å². The smallest absolute Gasteiger partial charge is 0.132 e. The van der Waals surface area contributed by atoms with Crippen LogP contribution in [0.3, 0.4) is 0 Å². The first-order valence-electron chi connectivity index (χ1n) is 11.2. The van der Waals surface area contributed by atoms with Crippen molar-refractivity contribution in [2.45, 2.75) is 64.9 Å². The van der Waals surface area contributed by atoms with E-state index in [1.54, 1.807) is 13.0 Å². The van der Waals surface area contributed by atoms with E-state index in [-0.39, 0.29) is 17.5 Å². The number of benzene rings is 1. The molecule has 3 rings (SSSR count). The molecule has 1 aromatic heterocycles. The summed E-state index contributed by atoms with van der Waals surface area (Å²) in [7, 11) is 2.07. The molecule has 1 aliphatic rings. The van der Waals surface area contributed by atoms with Gasteiger partial charge in [0, 0.05) is 31.1 Å². The number of aliphatic hydroxyl groups excluding tert-OH is 1. The number of halogens is 1. The highest BCUT2D eigenvalue weighted by Gasteiger charge is 2.25. The molecule has 0 radical (unpaired) electrons. The second-order valence-corrected chi connectivity index (χ2v) is 8.80. The van der Waals surface area contributed by atoms with Crippen LogP contribution in [0, 0.1) is 5.82 Å². The van der Waals surface area contributed by atoms with Crippen LogP contribution >= 0.6 is 0 Å². The molecule has 2 heterocycles. The summed E-state index contributed by atoms with van der Waals surface area (Å²) in [6.45, 7) is 6.77. The summed E-state index contributed by atoms with van der Waals surface area (Å²) in [6, 6.07) is 6.64.